The largest absolute Gasteiger partial charge is 0.302 e. The van der Waals surface area contributed by atoms with Crippen LogP contribution in [0.15, 0.2) is 0 Å². The maximum atomic E-state index is 5.04. The molecule has 1 fully saturated rings. The van der Waals surface area contributed by atoms with Crippen molar-refractivity contribution in [1.29, 1.82) is 0 Å². The minimum absolute atomic E-state index is 0.240. The Morgan fingerprint density at radius 1 is 1.80 bits per heavy atom. The monoisotopic (exact) mass is 161 g/mol. The van der Waals surface area contributed by atoms with Gasteiger partial charge in [0.05, 0.1) is 6.10 Å². The summed E-state index contributed by atoms with van der Waals surface area (Å²) in [6.07, 6.45) is 2.71. The van der Waals surface area contributed by atoms with Crippen molar-refractivity contribution in [3.8, 4) is 0 Å². The van der Waals surface area contributed by atoms with Crippen molar-refractivity contribution < 1.29 is 4.84 Å². The number of rotatable bonds is 3. The summed E-state index contributed by atoms with van der Waals surface area (Å²) in [4.78, 5) is 4.70. The van der Waals surface area contributed by atoms with E-state index >= 15 is 0 Å². The molecular formula is C7H15NOS. The third-order valence-corrected chi connectivity index (χ3v) is 3.15. The molecule has 0 amide bonds. The van der Waals surface area contributed by atoms with E-state index in [9.17, 15) is 0 Å². The number of hydrogen-bond acceptors (Lipinski definition) is 3. The van der Waals surface area contributed by atoms with Crippen molar-refractivity contribution in [2.45, 2.75) is 25.9 Å². The smallest absolute Gasteiger partial charge is 0.0762 e. The van der Waals surface area contributed by atoms with E-state index < -0.39 is 0 Å². The van der Waals surface area contributed by atoms with Crippen LogP contribution >= 0.6 is 11.8 Å². The molecule has 1 rings (SSSR count). The summed E-state index contributed by atoms with van der Waals surface area (Å²) in [6, 6.07) is 0. The van der Waals surface area contributed by atoms with Crippen LogP contribution in [0.1, 0.15) is 19.8 Å². The number of thioether (sulfide) groups is 1. The molecule has 0 saturated carbocycles. The van der Waals surface area contributed by atoms with Gasteiger partial charge in [0.1, 0.15) is 0 Å². The van der Waals surface area contributed by atoms with Crippen molar-refractivity contribution >= 4 is 11.8 Å². The summed E-state index contributed by atoms with van der Waals surface area (Å²) in [5.74, 6) is 8.51. The van der Waals surface area contributed by atoms with Crippen LogP contribution in [0.2, 0.25) is 0 Å². The van der Waals surface area contributed by atoms with Crippen LogP contribution in [0.25, 0.3) is 0 Å². The van der Waals surface area contributed by atoms with Gasteiger partial charge >= 0.3 is 0 Å². The fraction of sp³-hybridized carbons (Fsp3) is 1.00. The second kappa shape index (κ2) is 4.21. The highest BCUT2D eigenvalue weighted by Crippen LogP contribution is 2.27. The normalized spacial score (nSPS) is 28.8. The highest BCUT2D eigenvalue weighted by atomic mass is 32.2. The number of hydrogen-bond donors (Lipinski definition) is 1. The van der Waals surface area contributed by atoms with Crippen LogP contribution in [0, 0.1) is 5.92 Å². The van der Waals surface area contributed by atoms with Gasteiger partial charge in [0.25, 0.3) is 0 Å². The van der Waals surface area contributed by atoms with E-state index in [1.54, 1.807) is 0 Å². The molecule has 0 radical (unpaired) electrons. The molecule has 0 bridgehead atoms. The molecule has 2 nitrogen and oxygen atoms in total. The van der Waals surface area contributed by atoms with Gasteiger partial charge < -0.3 is 4.84 Å². The number of nitrogens with two attached hydrogens (primary N) is 1. The van der Waals surface area contributed by atoms with Crippen molar-refractivity contribution in [2.24, 2.45) is 11.8 Å². The molecule has 1 heterocycles. The van der Waals surface area contributed by atoms with Gasteiger partial charge in [-0.2, -0.15) is 11.8 Å². The van der Waals surface area contributed by atoms with Gasteiger partial charge in [0.15, 0.2) is 0 Å². The van der Waals surface area contributed by atoms with Crippen LogP contribution in [-0.4, -0.2) is 17.6 Å². The first kappa shape index (κ1) is 8.37. The molecule has 1 saturated heterocycles. The third kappa shape index (κ3) is 2.48. The van der Waals surface area contributed by atoms with Crippen molar-refractivity contribution in [1.82, 2.24) is 0 Å². The second-order valence-electron chi connectivity index (χ2n) is 2.91. The van der Waals surface area contributed by atoms with Gasteiger partial charge in [-0.25, -0.2) is 5.90 Å². The molecule has 2 atom stereocenters. The van der Waals surface area contributed by atoms with Crippen LogP contribution in [0.4, 0.5) is 0 Å². The Kier molecular flexibility index (Phi) is 3.52. The zero-order valence-electron chi connectivity index (χ0n) is 6.38. The van der Waals surface area contributed by atoms with E-state index in [1.165, 1.54) is 17.9 Å². The van der Waals surface area contributed by atoms with E-state index in [4.69, 9.17) is 10.7 Å². The van der Waals surface area contributed by atoms with Gasteiger partial charge in [-0.1, -0.05) is 0 Å². The van der Waals surface area contributed by atoms with Gasteiger partial charge in [-0.15, -0.1) is 0 Å². The predicted molar refractivity (Wildman–Crippen MR) is 44.8 cm³/mol. The molecule has 60 valence electrons. The Morgan fingerprint density at radius 3 is 3.10 bits per heavy atom. The lowest BCUT2D eigenvalue weighted by Gasteiger charge is -2.12. The van der Waals surface area contributed by atoms with Gasteiger partial charge in [-0.3, -0.25) is 0 Å². The van der Waals surface area contributed by atoms with Crippen molar-refractivity contribution in [2.75, 3.05) is 11.5 Å². The maximum absolute atomic E-state index is 5.04. The van der Waals surface area contributed by atoms with E-state index in [2.05, 4.69) is 0 Å². The summed E-state index contributed by atoms with van der Waals surface area (Å²) in [7, 11) is 0. The quantitative estimate of drug-likeness (QED) is 0.636. The molecule has 1 aliphatic heterocycles. The van der Waals surface area contributed by atoms with Gasteiger partial charge in [0.2, 0.25) is 0 Å². The first-order chi connectivity index (χ1) is 4.83. The van der Waals surface area contributed by atoms with Crippen molar-refractivity contribution in [3.63, 3.8) is 0 Å². The molecule has 0 aliphatic carbocycles. The molecule has 3 heteroatoms. The summed E-state index contributed by atoms with van der Waals surface area (Å²) in [5, 5.41) is 0. The Hall–Kier alpha value is 0.270. The minimum atomic E-state index is 0.240. The van der Waals surface area contributed by atoms with E-state index in [0.29, 0.717) is 0 Å². The summed E-state index contributed by atoms with van der Waals surface area (Å²) in [6.45, 7) is 2.03. The molecular weight excluding hydrogens is 146 g/mol. The first-order valence-corrected chi connectivity index (χ1v) is 4.91. The molecule has 2 N–H and O–H groups in total. The van der Waals surface area contributed by atoms with Crippen LogP contribution in [0.5, 0.6) is 0 Å². The zero-order chi connectivity index (χ0) is 7.40. The Morgan fingerprint density at radius 2 is 2.60 bits per heavy atom. The summed E-state index contributed by atoms with van der Waals surface area (Å²) >= 11 is 2.04. The molecule has 2 unspecified atom stereocenters. The zero-order valence-corrected chi connectivity index (χ0v) is 7.19. The average molecular weight is 161 g/mol. The van der Waals surface area contributed by atoms with Gasteiger partial charge in [0, 0.05) is 0 Å². The second-order valence-corrected chi connectivity index (χ2v) is 4.06. The van der Waals surface area contributed by atoms with Crippen LogP contribution in [-0.2, 0) is 4.84 Å². The van der Waals surface area contributed by atoms with Gasteiger partial charge in [-0.05, 0) is 37.2 Å². The minimum Gasteiger partial charge on any atom is -0.302 e. The van der Waals surface area contributed by atoms with Crippen molar-refractivity contribution in [3.05, 3.63) is 0 Å². The Labute approximate surface area is 66.5 Å². The first-order valence-electron chi connectivity index (χ1n) is 3.76. The predicted octanol–water partition coefficient (Wildman–Crippen LogP) is 1.41. The lowest BCUT2D eigenvalue weighted by Crippen LogP contribution is -2.17. The lowest BCUT2D eigenvalue weighted by atomic mass is 10.0. The third-order valence-electron chi connectivity index (χ3n) is 1.92. The summed E-state index contributed by atoms with van der Waals surface area (Å²) in [5.41, 5.74) is 0. The topological polar surface area (TPSA) is 35.2 Å². The fourth-order valence-corrected chi connectivity index (χ4v) is 2.60. The molecule has 10 heavy (non-hydrogen) atoms. The maximum Gasteiger partial charge on any atom is 0.0762 e. The fourth-order valence-electron chi connectivity index (χ4n) is 1.29. The molecule has 0 aromatic carbocycles. The molecule has 0 spiro atoms. The van der Waals surface area contributed by atoms with E-state index in [1.807, 2.05) is 18.7 Å². The highest BCUT2D eigenvalue weighted by Gasteiger charge is 2.17. The Balaban J connectivity index is 2.11. The average Bonchev–Trinajstić information content (AvgIpc) is 2.40. The van der Waals surface area contributed by atoms with E-state index in [-0.39, 0.29) is 6.10 Å². The standard InChI is InChI=1S/C7H15NOS/c1-6(9-8)4-7-2-3-10-5-7/h6-7H,2-5,8H2,1H3. The molecule has 1 aliphatic rings. The molecule has 0 aromatic heterocycles. The van der Waals surface area contributed by atoms with E-state index in [0.717, 1.165) is 12.3 Å². The Bertz CT molecular complexity index is 93.6. The lowest BCUT2D eigenvalue weighted by molar-refractivity contribution is 0.0511. The molecule has 0 aromatic rings. The summed E-state index contributed by atoms with van der Waals surface area (Å²) < 4.78 is 0. The highest BCUT2D eigenvalue weighted by molar-refractivity contribution is 7.99. The van der Waals surface area contributed by atoms with Crippen LogP contribution in [0.3, 0.4) is 0 Å². The van der Waals surface area contributed by atoms with Crippen LogP contribution < -0.4 is 5.90 Å². The SMILES string of the molecule is CC(CC1CCSC1)ON.